The summed E-state index contributed by atoms with van der Waals surface area (Å²) in [6.07, 6.45) is 1.60. The highest BCUT2D eigenvalue weighted by Gasteiger charge is 2.28. The molecule has 4 aromatic heterocycles. The summed E-state index contributed by atoms with van der Waals surface area (Å²) in [5.74, 6) is -0.472. The van der Waals surface area contributed by atoms with Gasteiger partial charge in [-0.1, -0.05) is 35.4 Å². The van der Waals surface area contributed by atoms with Crippen molar-refractivity contribution in [2.75, 3.05) is 18.9 Å². The SMILES string of the molecule is CCOC(=O)c1c(Cl)c2c(nc(N)n3nc(-c4ccccn4)nc23)n1CCOS(=O)(=O)c1ccc(C)cc1. The van der Waals surface area contributed by atoms with Gasteiger partial charge in [-0.3, -0.25) is 9.17 Å². The number of esters is 1. The monoisotopic (exact) mass is 555 g/mol. The van der Waals surface area contributed by atoms with Gasteiger partial charge in [-0.2, -0.15) is 17.9 Å². The van der Waals surface area contributed by atoms with Crippen molar-refractivity contribution >= 4 is 50.3 Å². The van der Waals surface area contributed by atoms with E-state index in [2.05, 4.69) is 20.1 Å². The zero-order valence-corrected chi connectivity index (χ0v) is 21.9. The molecule has 0 bridgehead atoms. The molecule has 38 heavy (non-hydrogen) atoms. The van der Waals surface area contributed by atoms with Crippen molar-refractivity contribution in [3.8, 4) is 11.5 Å². The van der Waals surface area contributed by atoms with Crippen molar-refractivity contribution < 1.29 is 22.1 Å². The van der Waals surface area contributed by atoms with Gasteiger partial charge in [0.2, 0.25) is 11.8 Å². The highest BCUT2D eigenvalue weighted by atomic mass is 35.5. The van der Waals surface area contributed by atoms with E-state index < -0.39 is 16.1 Å². The Balaban J connectivity index is 1.59. The van der Waals surface area contributed by atoms with Gasteiger partial charge in [0.15, 0.2) is 5.65 Å². The highest BCUT2D eigenvalue weighted by molar-refractivity contribution is 7.86. The number of nitrogen functional groups attached to an aromatic ring is 1. The molecule has 196 valence electrons. The standard InChI is InChI=1S/C24H22ClN7O5S/c1-3-36-23(33)19-18(25)17-21(31(19)12-13-37-38(34,35)15-9-7-14(2)8-10-15)29-24(26)32-22(17)28-20(30-32)16-6-4-5-11-27-16/h4-11H,3,12-13H2,1-2H3,(H2,26,29). The van der Waals surface area contributed by atoms with Crippen molar-refractivity contribution in [1.82, 2.24) is 29.1 Å². The molecule has 0 fully saturated rings. The van der Waals surface area contributed by atoms with Crippen molar-refractivity contribution in [2.45, 2.75) is 25.3 Å². The second-order valence-corrected chi connectivity index (χ2v) is 10.2. The molecule has 0 radical (unpaired) electrons. The van der Waals surface area contributed by atoms with E-state index in [-0.39, 0.29) is 58.4 Å². The number of benzene rings is 1. The second-order valence-electron chi connectivity index (χ2n) is 8.18. The van der Waals surface area contributed by atoms with Crippen LogP contribution in [0.5, 0.6) is 0 Å². The van der Waals surface area contributed by atoms with Crippen molar-refractivity contribution in [1.29, 1.82) is 0 Å². The Kier molecular flexibility index (Phi) is 6.73. The Morgan fingerprint density at radius 1 is 1.11 bits per heavy atom. The number of carbonyl (C=O) groups excluding carboxylic acids is 1. The van der Waals surface area contributed by atoms with Crippen molar-refractivity contribution in [3.05, 3.63) is 64.9 Å². The Morgan fingerprint density at radius 2 is 1.87 bits per heavy atom. The van der Waals surface area contributed by atoms with Crippen LogP contribution >= 0.6 is 11.6 Å². The number of aryl methyl sites for hydroxylation is 1. The zero-order chi connectivity index (χ0) is 27.0. The van der Waals surface area contributed by atoms with E-state index in [1.807, 2.05) is 6.92 Å². The van der Waals surface area contributed by atoms with Crippen LogP contribution in [0.25, 0.3) is 28.2 Å². The molecule has 4 heterocycles. The van der Waals surface area contributed by atoms with Crippen LogP contribution in [0.4, 0.5) is 5.95 Å². The van der Waals surface area contributed by atoms with Gasteiger partial charge in [0.05, 0.1) is 28.5 Å². The molecule has 0 aliphatic rings. The highest BCUT2D eigenvalue weighted by Crippen LogP contribution is 2.34. The molecule has 0 aliphatic carbocycles. The molecule has 1 aromatic carbocycles. The molecule has 0 spiro atoms. The van der Waals surface area contributed by atoms with Crippen LogP contribution < -0.4 is 5.73 Å². The summed E-state index contributed by atoms with van der Waals surface area (Å²) < 4.78 is 38.5. The Hall–Kier alpha value is -4.07. The van der Waals surface area contributed by atoms with E-state index in [4.69, 9.17) is 26.3 Å². The lowest BCUT2D eigenvalue weighted by molar-refractivity contribution is 0.0514. The summed E-state index contributed by atoms with van der Waals surface area (Å²) in [4.78, 5) is 26.1. The van der Waals surface area contributed by atoms with Crippen LogP contribution in [-0.4, -0.2) is 56.7 Å². The van der Waals surface area contributed by atoms with E-state index in [0.717, 1.165) is 5.56 Å². The lowest BCUT2D eigenvalue weighted by Gasteiger charge is -2.11. The quantitative estimate of drug-likeness (QED) is 0.222. The Morgan fingerprint density at radius 3 is 2.55 bits per heavy atom. The number of pyridine rings is 1. The predicted molar refractivity (Wildman–Crippen MR) is 139 cm³/mol. The van der Waals surface area contributed by atoms with Crippen LogP contribution in [0.15, 0.2) is 53.6 Å². The average molecular weight is 556 g/mol. The largest absolute Gasteiger partial charge is 0.461 e. The first kappa shape index (κ1) is 25.6. The van der Waals surface area contributed by atoms with Gasteiger partial charge in [-0.05, 0) is 38.1 Å². The lowest BCUT2D eigenvalue weighted by Crippen LogP contribution is -2.18. The fraction of sp³-hybridized carbons (Fsp3) is 0.208. The minimum absolute atomic E-state index is 0.0114. The number of aromatic nitrogens is 6. The first-order valence-corrected chi connectivity index (χ1v) is 13.3. The van der Waals surface area contributed by atoms with Crippen molar-refractivity contribution in [2.24, 2.45) is 0 Å². The molecule has 0 atom stereocenters. The third-order valence-electron chi connectivity index (χ3n) is 5.67. The fourth-order valence-electron chi connectivity index (χ4n) is 3.91. The van der Waals surface area contributed by atoms with Crippen molar-refractivity contribution in [3.63, 3.8) is 0 Å². The topological polar surface area (TPSA) is 157 Å². The summed E-state index contributed by atoms with van der Waals surface area (Å²) in [7, 11) is -4.05. The van der Waals surface area contributed by atoms with E-state index in [0.29, 0.717) is 11.1 Å². The molecule has 14 heteroatoms. The molecule has 12 nitrogen and oxygen atoms in total. The summed E-state index contributed by atoms with van der Waals surface area (Å²) in [5.41, 5.74) is 8.00. The smallest absolute Gasteiger partial charge is 0.356 e. The van der Waals surface area contributed by atoms with Gasteiger partial charge in [-0.25, -0.2) is 9.78 Å². The lowest BCUT2D eigenvalue weighted by atomic mass is 10.2. The maximum Gasteiger partial charge on any atom is 0.356 e. The first-order valence-electron chi connectivity index (χ1n) is 11.5. The molecule has 5 rings (SSSR count). The summed E-state index contributed by atoms with van der Waals surface area (Å²) in [6.45, 7) is 3.17. The van der Waals surface area contributed by atoms with Crippen LogP contribution in [-0.2, 0) is 25.6 Å². The first-order chi connectivity index (χ1) is 18.2. The van der Waals surface area contributed by atoms with Gasteiger partial charge in [0, 0.05) is 12.7 Å². The van der Waals surface area contributed by atoms with Gasteiger partial charge in [0.1, 0.15) is 17.0 Å². The number of anilines is 1. The number of nitrogens with zero attached hydrogens (tertiary/aromatic N) is 6. The van der Waals surface area contributed by atoms with Crippen LogP contribution in [0, 0.1) is 6.92 Å². The van der Waals surface area contributed by atoms with E-state index >= 15 is 0 Å². The van der Waals surface area contributed by atoms with Gasteiger partial charge >= 0.3 is 5.97 Å². The fourth-order valence-corrected chi connectivity index (χ4v) is 5.16. The second kappa shape index (κ2) is 10.0. The molecular formula is C24H22ClN7O5S. The number of rotatable bonds is 8. The molecule has 0 amide bonds. The molecule has 0 saturated heterocycles. The minimum atomic E-state index is -4.05. The predicted octanol–water partition coefficient (Wildman–Crippen LogP) is 3.27. The third kappa shape index (κ3) is 4.55. The number of hydrogen-bond acceptors (Lipinski definition) is 10. The molecule has 0 aliphatic heterocycles. The molecule has 5 aromatic rings. The van der Waals surface area contributed by atoms with E-state index in [9.17, 15) is 13.2 Å². The molecular weight excluding hydrogens is 534 g/mol. The van der Waals surface area contributed by atoms with E-state index in [1.165, 1.54) is 21.2 Å². The zero-order valence-electron chi connectivity index (χ0n) is 20.3. The van der Waals surface area contributed by atoms with Gasteiger partial charge in [0.25, 0.3) is 10.1 Å². The average Bonchev–Trinajstić information content (AvgIpc) is 3.45. The number of fused-ring (bicyclic) bond motifs is 3. The van der Waals surface area contributed by atoms with Gasteiger partial charge < -0.3 is 15.0 Å². The molecule has 0 unspecified atom stereocenters. The normalized spacial score (nSPS) is 11.9. The number of hydrogen-bond donors (Lipinski definition) is 1. The summed E-state index contributed by atoms with van der Waals surface area (Å²) in [5, 5.41) is 4.70. The summed E-state index contributed by atoms with van der Waals surface area (Å²) in [6, 6.07) is 11.5. The summed E-state index contributed by atoms with van der Waals surface area (Å²) >= 11 is 6.70. The number of nitrogens with two attached hydrogens (primary N) is 1. The van der Waals surface area contributed by atoms with Gasteiger partial charge in [-0.15, -0.1) is 5.10 Å². The minimum Gasteiger partial charge on any atom is -0.461 e. The Bertz CT molecular complexity index is 1770. The molecule has 0 saturated carbocycles. The maximum atomic E-state index is 12.9. The Labute approximate surface area is 222 Å². The maximum absolute atomic E-state index is 12.9. The number of halogens is 1. The number of ether oxygens (including phenoxy) is 1. The van der Waals surface area contributed by atoms with E-state index in [1.54, 1.807) is 43.5 Å². The van der Waals surface area contributed by atoms with Crippen LogP contribution in [0.2, 0.25) is 5.02 Å². The number of carbonyl (C=O) groups is 1. The van der Waals surface area contributed by atoms with Crippen LogP contribution in [0.1, 0.15) is 23.0 Å². The molecule has 2 N–H and O–H groups in total. The third-order valence-corrected chi connectivity index (χ3v) is 7.37. The van der Waals surface area contributed by atoms with Crippen LogP contribution in [0.3, 0.4) is 0 Å².